The number of rotatable bonds is 4. The van der Waals surface area contributed by atoms with Crippen molar-refractivity contribution in [1.29, 1.82) is 0 Å². The molecule has 1 aliphatic heterocycles. The molecule has 0 spiro atoms. The van der Waals surface area contributed by atoms with Crippen molar-refractivity contribution in [2.24, 2.45) is 0 Å². The first-order chi connectivity index (χ1) is 9.96. The van der Waals surface area contributed by atoms with Crippen molar-refractivity contribution in [3.63, 3.8) is 0 Å². The topological polar surface area (TPSA) is 71.5 Å². The maximum absolute atomic E-state index is 12.4. The van der Waals surface area contributed by atoms with E-state index >= 15 is 0 Å². The molecule has 1 N–H and O–H groups in total. The number of hydrogen-bond donors (Lipinski definition) is 1. The first-order valence-corrected chi connectivity index (χ1v) is 7.08. The Morgan fingerprint density at radius 1 is 1.38 bits per heavy atom. The molecule has 0 bridgehead atoms. The average molecular weight is 291 g/mol. The van der Waals surface area contributed by atoms with Crippen LogP contribution >= 0.6 is 0 Å². The summed E-state index contributed by atoms with van der Waals surface area (Å²) in [5.41, 5.74) is 1.54. The molecule has 0 saturated carbocycles. The summed E-state index contributed by atoms with van der Waals surface area (Å²) in [6.45, 7) is 5.79. The molecule has 2 unspecified atom stereocenters. The van der Waals surface area contributed by atoms with E-state index in [0.717, 1.165) is 11.4 Å². The van der Waals surface area contributed by atoms with Gasteiger partial charge in [0, 0.05) is 17.8 Å². The van der Waals surface area contributed by atoms with Crippen LogP contribution in [0.15, 0.2) is 12.1 Å². The second-order valence-electron chi connectivity index (χ2n) is 5.25. The van der Waals surface area contributed by atoms with E-state index in [2.05, 4.69) is 10.3 Å². The lowest BCUT2D eigenvalue weighted by molar-refractivity contribution is -0.149. The molecule has 1 saturated heterocycles. The standard InChI is InChI=1S/C15H21N3O3/c1-5-13-15(20)18(10(3)14(19)17-13)8-11-7-12(21-4)6-9(2)16-11/h6-7,10,13H,5,8H2,1-4H3,(H,17,19). The van der Waals surface area contributed by atoms with Crippen LogP contribution in [-0.4, -0.2) is 40.9 Å². The molecular weight excluding hydrogens is 270 g/mol. The van der Waals surface area contributed by atoms with Crippen LogP contribution in [0.5, 0.6) is 5.75 Å². The summed E-state index contributed by atoms with van der Waals surface area (Å²) in [6.07, 6.45) is 0.582. The highest BCUT2D eigenvalue weighted by Crippen LogP contribution is 2.19. The lowest BCUT2D eigenvalue weighted by atomic mass is 10.1. The number of nitrogens with zero attached hydrogens (tertiary/aromatic N) is 2. The zero-order valence-electron chi connectivity index (χ0n) is 12.8. The zero-order valence-corrected chi connectivity index (χ0v) is 12.8. The van der Waals surface area contributed by atoms with Crippen molar-refractivity contribution in [1.82, 2.24) is 15.2 Å². The Hall–Kier alpha value is -2.11. The van der Waals surface area contributed by atoms with E-state index in [1.165, 1.54) is 0 Å². The number of pyridine rings is 1. The van der Waals surface area contributed by atoms with Gasteiger partial charge >= 0.3 is 0 Å². The van der Waals surface area contributed by atoms with Crippen molar-refractivity contribution in [2.45, 2.75) is 45.8 Å². The summed E-state index contributed by atoms with van der Waals surface area (Å²) in [5, 5.41) is 2.74. The average Bonchev–Trinajstić information content (AvgIpc) is 2.46. The van der Waals surface area contributed by atoms with Crippen LogP contribution in [0, 0.1) is 6.92 Å². The fraction of sp³-hybridized carbons (Fsp3) is 0.533. The third-order valence-electron chi connectivity index (χ3n) is 3.70. The highest BCUT2D eigenvalue weighted by atomic mass is 16.5. The second kappa shape index (κ2) is 6.11. The summed E-state index contributed by atoms with van der Waals surface area (Å²) in [4.78, 5) is 30.4. The van der Waals surface area contributed by atoms with E-state index in [4.69, 9.17) is 4.74 Å². The molecule has 0 aliphatic carbocycles. The van der Waals surface area contributed by atoms with Crippen molar-refractivity contribution < 1.29 is 14.3 Å². The van der Waals surface area contributed by atoms with Gasteiger partial charge in [0.2, 0.25) is 11.8 Å². The molecule has 6 heteroatoms. The molecule has 2 heterocycles. The Kier molecular flexibility index (Phi) is 4.45. The van der Waals surface area contributed by atoms with Gasteiger partial charge in [-0.2, -0.15) is 0 Å². The number of ether oxygens (including phenoxy) is 1. The van der Waals surface area contributed by atoms with E-state index < -0.39 is 12.1 Å². The normalized spacial score (nSPS) is 22.2. The van der Waals surface area contributed by atoms with Gasteiger partial charge in [-0.25, -0.2) is 0 Å². The Bertz CT molecular complexity index is 559. The summed E-state index contributed by atoms with van der Waals surface area (Å²) < 4.78 is 5.22. The van der Waals surface area contributed by atoms with Crippen molar-refractivity contribution in [3.8, 4) is 5.75 Å². The fourth-order valence-corrected chi connectivity index (χ4v) is 2.45. The molecule has 2 amide bonds. The molecule has 21 heavy (non-hydrogen) atoms. The number of nitrogens with one attached hydrogen (secondary N) is 1. The number of aryl methyl sites for hydroxylation is 1. The predicted octanol–water partition coefficient (Wildman–Crippen LogP) is 1.02. The Labute approximate surface area is 124 Å². The SMILES string of the molecule is CCC1NC(=O)C(C)N(Cc2cc(OC)cc(C)n2)C1=O. The number of aromatic nitrogens is 1. The smallest absolute Gasteiger partial charge is 0.246 e. The third-order valence-corrected chi connectivity index (χ3v) is 3.70. The zero-order chi connectivity index (χ0) is 15.6. The lowest BCUT2D eigenvalue weighted by Crippen LogP contribution is -2.61. The van der Waals surface area contributed by atoms with E-state index in [-0.39, 0.29) is 11.8 Å². The minimum absolute atomic E-state index is 0.0631. The molecule has 0 aromatic carbocycles. The molecule has 1 aromatic heterocycles. The lowest BCUT2D eigenvalue weighted by Gasteiger charge is -2.36. The van der Waals surface area contributed by atoms with Crippen molar-refractivity contribution in [2.75, 3.05) is 7.11 Å². The van der Waals surface area contributed by atoms with Gasteiger partial charge in [0.1, 0.15) is 17.8 Å². The summed E-state index contributed by atoms with van der Waals surface area (Å²) in [7, 11) is 1.59. The van der Waals surface area contributed by atoms with Gasteiger partial charge < -0.3 is 15.0 Å². The van der Waals surface area contributed by atoms with Gasteiger partial charge in [0.25, 0.3) is 0 Å². The van der Waals surface area contributed by atoms with Gasteiger partial charge in [-0.15, -0.1) is 0 Å². The molecule has 6 nitrogen and oxygen atoms in total. The van der Waals surface area contributed by atoms with Crippen LogP contribution in [0.1, 0.15) is 31.7 Å². The predicted molar refractivity (Wildman–Crippen MR) is 77.8 cm³/mol. The van der Waals surface area contributed by atoms with Crippen molar-refractivity contribution in [3.05, 3.63) is 23.5 Å². The van der Waals surface area contributed by atoms with E-state index in [9.17, 15) is 9.59 Å². The van der Waals surface area contributed by atoms with Gasteiger partial charge in [0.15, 0.2) is 0 Å². The minimum Gasteiger partial charge on any atom is -0.497 e. The van der Waals surface area contributed by atoms with Gasteiger partial charge in [-0.05, 0) is 20.3 Å². The number of methoxy groups -OCH3 is 1. The fourth-order valence-electron chi connectivity index (χ4n) is 2.45. The molecule has 1 fully saturated rings. The Balaban J connectivity index is 2.25. The second-order valence-corrected chi connectivity index (χ2v) is 5.25. The molecular formula is C15H21N3O3. The number of carbonyl (C=O) groups excluding carboxylic acids is 2. The monoisotopic (exact) mass is 291 g/mol. The largest absolute Gasteiger partial charge is 0.497 e. The first-order valence-electron chi connectivity index (χ1n) is 7.08. The van der Waals surface area contributed by atoms with E-state index in [0.29, 0.717) is 18.7 Å². The molecule has 2 rings (SSSR count). The van der Waals surface area contributed by atoms with E-state index in [1.807, 2.05) is 19.9 Å². The Morgan fingerprint density at radius 2 is 2.10 bits per heavy atom. The Morgan fingerprint density at radius 3 is 2.71 bits per heavy atom. The molecule has 1 aliphatic rings. The third kappa shape index (κ3) is 3.15. The van der Waals surface area contributed by atoms with E-state index in [1.54, 1.807) is 25.0 Å². The molecule has 114 valence electrons. The van der Waals surface area contributed by atoms with Crippen molar-refractivity contribution >= 4 is 11.8 Å². The highest BCUT2D eigenvalue weighted by molar-refractivity contribution is 5.96. The van der Waals surface area contributed by atoms with Crippen LogP contribution in [0.4, 0.5) is 0 Å². The summed E-state index contributed by atoms with van der Waals surface area (Å²) in [6, 6.07) is 2.68. The van der Waals surface area contributed by atoms with Crippen LogP contribution in [0.2, 0.25) is 0 Å². The van der Waals surface area contributed by atoms with Crippen LogP contribution in [-0.2, 0) is 16.1 Å². The first kappa shape index (κ1) is 15.3. The number of carbonyl (C=O) groups is 2. The summed E-state index contributed by atoms with van der Waals surface area (Å²) >= 11 is 0. The van der Waals surface area contributed by atoms with Gasteiger partial charge in [-0.1, -0.05) is 6.92 Å². The van der Waals surface area contributed by atoms with Crippen LogP contribution < -0.4 is 10.1 Å². The highest BCUT2D eigenvalue weighted by Gasteiger charge is 2.37. The maximum Gasteiger partial charge on any atom is 0.246 e. The number of hydrogen-bond acceptors (Lipinski definition) is 4. The van der Waals surface area contributed by atoms with Gasteiger partial charge in [-0.3, -0.25) is 14.6 Å². The summed E-state index contributed by atoms with van der Waals surface area (Å²) in [5.74, 6) is 0.513. The molecule has 1 aromatic rings. The van der Waals surface area contributed by atoms with Gasteiger partial charge in [0.05, 0.1) is 19.3 Å². The number of piperazine rings is 1. The quantitative estimate of drug-likeness (QED) is 0.899. The molecule has 0 radical (unpaired) electrons. The van der Waals surface area contributed by atoms with Crippen LogP contribution in [0.25, 0.3) is 0 Å². The van der Waals surface area contributed by atoms with Crippen LogP contribution in [0.3, 0.4) is 0 Å². The maximum atomic E-state index is 12.4. The number of amides is 2. The minimum atomic E-state index is -0.492. The molecule has 2 atom stereocenters.